The Labute approximate surface area is 207 Å². The molecule has 1 aromatic carbocycles. The number of aliphatic hydroxyl groups excluding tert-OH is 2. The molecule has 13 heteroatoms. The number of carbonyl (C=O) groups excluding carboxylic acids is 1. The number of aromatic nitrogens is 2. The first-order chi connectivity index (χ1) is 16.5. The van der Waals surface area contributed by atoms with E-state index in [1.165, 1.54) is 16.8 Å². The highest BCUT2D eigenvalue weighted by Gasteiger charge is 2.45. The Balaban J connectivity index is 1.75. The van der Waals surface area contributed by atoms with Gasteiger partial charge in [-0.2, -0.15) is 0 Å². The number of H-pyrrole nitrogens is 1. The maximum Gasteiger partial charge on any atom is 0.380 e. The van der Waals surface area contributed by atoms with Gasteiger partial charge in [0.05, 0.1) is 24.8 Å². The molecule has 2 unspecified atom stereocenters. The van der Waals surface area contributed by atoms with Crippen molar-refractivity contribution in [1.82, 2.24) is 9.55 Å². The van der Waals surface area contributed by atoms with E-state index >= 15 is 0 Å². The molecule has 0 saturated carbocycles. The Bertz CT molecular complexity index is 1170. The van der Waals surface area contributed by atoms with Gasteiger partial charge in [-0.05, 0) is 38.2 Å². The molecule has 3 N–H and O–H groups in total. The van der Waals surface area contributed by atoms with E-state index in [1.54, 1.807) is 51.1 Å². The predicted molar refractivity (Wildman–Crippen MR) is 128 cm³/mol. The molecule has 1 aromatic heterocycles. The zero-order valence-electron chi connectivity index (χ0n) is 19.5. The van der Waals surface area contributed by atoms with E-state index in [2.05, 4.69) is 4.98 Å². The van der Waals surface area contributed by atoms with Gasteiger partial charge in [-0.3, -0.25) is 23.7 Å². The fourth-order valence-corrected chi connectivity index (χ4v) is 5.56. The summed E-state index contributed by atoms with van der Waals surface area (Å²) in [5, 5.41) is 21.0. The van der Waals surface area contributed by atoms with E-state index in [4.69, 9.17) is 30.7 Å². The highest BCUT2D eigenvalue weighted by molar-refractivity contribution is 7.71. The molecule has 0 aliphatic carbocycles. The molecule has 11 nitrogen and oxygen atoms in total. The number of esters is 1. The number of aromatic amines is 1. The molecule has 1 fully saturated rings. The van der Waals surface area contributed by atoms with E-state index < -0.39 is 56.2 Å². The SMILES string of the molecule is CC(C)OC(=O)[C@H](C)CP(=O)(OC[C@H]1O[C@@H](n2ccc(=O)[nH]c2=S)C(O)[C@H]1O)Oc1ccccc1. The van der Waals surface area contributed by atoms with Crippen molar-refractivity contribution in [1.29, 1.82) is 0 Å². The van der Waals surface area contributed by atoms with Crippen LogP contribution in [0.5, 0.6) is 5.75 Å². The smallest absolute Gasteiger partial charge is 0.380 e. The lowest BCUT2D eigenvalue weighted by Gasteiger charge is -2.24. The molecule has 2 heterocycles. The van der Waals surface area contributed by atoms with Crippen LogP contribution in [-0.2, 0) is 23.4 Å². The van der Waals surface area contributed by atoms with E-state index in [0.29, 0.717) is 0 Å². The van der Waals surface area contributed by atoms with Crippen molar-refractivity contribution in [3.05, 3.63) is 57.7 Å². The largest absolute Gasteiger partial charge is 0.463 e. The average molecular weight is 529 g/mol. The van der Waals surface area contributed by atoms with Gasteiger partial charge >= 0.3 is 13.6 Å². The van der Waals surface area contributed by atoms with Crippen LogP contribution in [0.2, 0.25) is 0 Å². The Morgan fingerprint density at radius 3 is 2.51 bits per heavy atom. The summed E-state index contributed by atoms with van der Waals surface area (Å²) in [5.74, 6) is -1.09. The first-order valence-electron chi connectivity index (χ1n) is 11.0. The molecule has 2 aromatic rings. The number of nitrogens with one attached hydrogen (secondary N) is 1. The Morgan fingerprint density at radius 1 is 1.20 bits per heavy atom. The summed E-state index contributed by atoms with van der Waals surface area (Å²) in [5.41, 5.74) is -0.428. The summed E-state index contributed by atoms with van der Waals surface area (Å²) in [6, 6.07) is 9.51. The number of hydrogen-bond acceptors (Lipinski definition) is 10. The first kappa shape index (κ1) is 27.3. The van der Waals surface area contributed by atoms with Crippen LogP contribution >= 0.6 is 19.8 Å². The molecule has 0 radical (unpaired) electrons. The second-order valence-electron chi connectivity index (χ2n) is 8.44. The lowest BCUT2D eigenvalue weighted by molar-refractivity contribution is -0.151. The maximum absolute atomic E-state index is 13.7. The van der Waals surface area contributed by atoms with Crippen LogP contribution in [0.4, 0.5) is 0 Å². The van der Waals surface area contributed by atoms with Crippen molar-refractivity contribution in [2.75, 3.05) is 12.8 Å². The number of aliphatic hydroxyl groups is 2. The van der Waals surface area contributed by atoms with Gasteiger partial charge in [0.2, 0.25) is 0 Å². The molecule has 1 aliphatic rings. The highest BCUT2D eigenvalue weighted by atomic mass is 32.1. The molecule has 0 amide bonds. The quantitative estimate of drug-likeness (QED) is 0.238. The molecule has 1 saturated heterocycles. The standard InChI is InChI=1S/C22H29N2O9PS/c1-13(2)31-21(28)14(3)12-34(29,33-15-7-5-4-6-8-15)30-11-16-18(26)19(27)20(32-16)24-10-9-17(25)23-22(24)35/h4-10,13-14,16,18-20,26-27H,11-12H2,1-3H3,(H,23,25,35)/t14-,16-,18+,19?,20-,34?/m1/s1. The number of para-hydroxylation sites is 1. The zero-order chi connectivity index (χ0) is 25.8. The third-order valence-electron chi connectivity index (χ3n) is 5.14. The van der Waals surface area contributed by atoms with Gasteiger partial charge in [-0.15, -0.1) is 0 Å². The van der Waals surface area contributed by atoms with Crippen LogP contribution in [0.1, 0.15) is 27.0 Å². The highest BCUT2D eigenvalue weighted by Crippen LogP contribution is 2.50. The molecular formula is C22H29N2O9PS. The minimum atomic E-state index is -3.95. The van der Waals surface area contributed by atoms with E-state index in [-0.39, 0.29) is 22.8 Å². The fourth-order valence-electron chi connectivity index (χ4n) is 3.43. The summed E-state index contributed by atoms with van der Waals surface area (Å²) >= 11 is 5.10. The Morgan fingerprint density at radius 2 is 1.89 bits per heavy atom. The van der Waals surface area contributed by atoms with Crippen LogP contribution in [-0.4, -0.2) is 62.9 Å². The molecule has 6 atom stereocenters. The van der Waals surface area contributed by atoms with Crippen molar-refractivity contribution in [3.63, 3.8) is 0 Å². The molecular weight excluding hydrogens is 499 g/mol. The van der Waals surface area contributed by atoms with Crippen LogP contribution in [0.15, 0.2) is 47.4 Å². The number of carbonyl (C=O) groups is 1. The van der Waals surface area contributed by atoms with Crippen molar-refractivity contribution >= 4 is 25.8 Å². The molecule has 0 bridgehead atoms. The number of rotatable bonds is 10. The third kappa shape index (κ3) is 7.09. The van der Waals surface area contributed by atoms with Crippen LogP contribution in [0, 0.1) is 10.7 Å². The van der Waals surface area contributed by atoms with Gasteiger partial charge in [0.25, 0.3) is 5.56 Å². The lowest BCUT2D eigenvalue weighted by atomic mass is 10.1. The van der Waals surface area contributed by atoms with Crippen LogP contribution in [0.25, 0.3) is 0 Å². The second-order valence-corrected chi connectivity index (χ2v) is 10.9. The molecule has 3 rings (SSSR count). The van der Waals surface area contributed by atoms with Gasteiger partial charge in [-0.1, -0.05) is 25.1 Å². The first-order valence-corrected chi connectivity index (χ1v) is 13.1. The number of hydrogen-bond donors (Lipinski definition) is 3. The van der Waals surface area contributed by atoms with E-state index in [0.717, 1.165) is 0 Å². The van der Waals surface area contributed by atoms with Gasteiger partial charge in [-0.25, -0.2) is 4.57 Å². The molecule has 1 aliphatic heterocycles. The minimum Gasteiger partial charge on any atom is -0.463 e. The summed E-state index contributed by atoms with van der Waals surface area (Å²) in [4.78, 5) is 26.1. The second kappa shape index (κ2) is 11.6. The number of nitrogens with zero attached hydrogens (tertiary/aromatic N) is 1. The monoisotopic (exact) mass is 528 g/mol. The van der Waals surface area contributed by atoms with E-state index in [9.17, 15) is 24.4 Å². The van der Waals surface area contributed by atoms with Crippen molar-refractivity contribution < 1.29 is 38.1 Å². The summed E-state index contributed by atoms with van der Waals surface area (Å²) < 4.78 is 37.1. The van der Waals surface area contributed by atoms with Gasteiger partial charge < -0.3 is 24.2 Å². The van der Waals surface area contributed by atoms with Gasteiger partial charge in [0.15, 0.2) is 11.0 Å². The summed E-state index contributed by atoms with van der Waals surface area (Å²) in [7, 11) is -3.95. The fraction of sp³-hybridized carbons (Fsp3) is 0.500. The molecule has 0 spiro atoms. The summed E-state index contributed by atoms with van der Waals surface area (Å²) in [6.07, 6.45) is -4.34. The lowest BCUT2D eigenvalue weighted by Crippen LogP contribution is -2.34. The van der Waals surface area contributed by atoms with Crippen LogP contribution in [0.3, 0.4) is 0 Å². The maximum atomic E-state index is 13.7. The van der Waals surface area contributed by atoms with Crippen molar-refractivity contribution in [2.45, 2.75) is 51.4 Å². The molecule has 35 heavy (non-hydrogen) atoms. The molecule has 192 valence electrons. The van der Waals surface area contributed by atoms with Gasteiger partial charge in [0.1, 0.15) is 24.1 Å². The number of benzene rings is 1. The Hall–Kier alpha value is -2.34. The average Bonchev–Trinajstić information content (AvgIpc) is 3.06. The van der Waals surface area contributed by atoms with Crippen molar-refractivity contribution in [2.24, 2.45) is 5.92 Å². The normalized spacial score (nSPS) is 24.6. The number of ether oxygens (including phenoxy) is 2. The van der Waals surface area contributed by atoms with E-state index in [1.807, 2.05) is 0 Å². The van der Waals surface area contributed by atoms with Crippen molar-refractivity contribution in [3.8, 4) is 5.75 Å². The summed E-state index contributed by atoms with van der Waals surface area (Å²) in [6.45, 7) is 4.54. The van der Waals surface area contributed by atoms with Gasteiger partial charge in [0, 0.05) is 12.3 Å². The zero-order valence-corrected chi connectivity index (χ0v) is 21.2. The Kier molecular flexibility index (Phi) is 9.03. The topological polar surface area (TPSA) is 149 Å². The third-order valence-corrected chi connectivity index (χ3v) is 7.48. The predicted octanol–water partition coefficient (Wildman–Crippen LogP) is 2.40. The van der Waals surface area contributed by atoms with Crippen LogP contribution < -0.4 is 10.1 Å². The minimum absolute atomic E-state index is 0.00843.